The molecule has 3 aromatic rings. The lowest BCUT2D eigenvalue weighted by Gasteiger charge is -2.22. The average Bonchev–Trinajstić information content (AvgIpc) is 2.88. The quantitative estimate of drug-likeness (QED) is 0.688. The Bertz CT molecular complexity index is 713. The zero-order valence-electron chi connectivity index (χ0n) is 12.3. The first-order chi connectivity index (χ1) is 10.1. The van der Waals surface area contributed by atoms with Gasteiger partial charge < -0.3 is 10.7 Å². The normalized spacial score (nSPS) is 14.2. The van der Waals surface area contributed by atoms with Gasteiger partial charge >= 0.3 is 0 Å². The second-order valence-corrected chi connectivity index (χ2v) is 6.66. The van der Waals surface area contributed by atoms with Gasteiger partial charge in [-0.3, -0.25) is 0 Å². The van der Waals surface area contributed by atoms with Crippen molar-refractivity contribution >= 4 is 22.7 Å². The lowest BCUT2D eigenvalue weighted by atomic mass is 10.0. The molecule has 0 aliphatic heterocycles. The third-order valence-corrected chi connectivity index (χ3v) is 5.14. The lowest BCUT2D eigenvalue weighted by Crippen LogP contribution is -2.23. The van der Waals surface area contributed by atoms with Crippen LogP contribution in [-0.4, -0.2) is 11.0 Å². The number of thioether (sulfide) groups is 1. The van der Waals surface area contributed by atoms with Gasteiger partial charge in [0.1, 0.15) is 0 Å². The zero-order chi connectivity index (χ0) is 14.8. The molecule has 0 spiro atoms. The Hall–Kier alpha value is -1.71. The molecule has 0 saturated carbocycles. The van der Waals surface area contributed by atoms with Crippen molar-refractivity contribution in [3.8, 4) is 0 Å². The molecule has 2 nitrogen and oxygen atoms in total. The van der Waals surface area contributed by atoms with E-state index in [4.69, 9.17) is 5.73 Å². The molecule has 2 aromatic carbocycles. The van der Waals surface area contributed by atoms with Crippen molar-refractivity contribution in [1.82, 2.24) is 4.98 Å². The average molecular weight is 296 g/mol. The number of hydrogen-bond acceptors (Lipinski definition) is 2. The predicted molar refractivity (Wildman–Crippen MR) is 91.7 cm³/mol. The minimum atomic E-state index is 0.0857. The molecule has 0 radical (unpaired) electrons. The standard InChI is InChI=1S/C18H20N2S/c1-12-7-3-5-9-15(12)18(13(2)19)21-17-11-14-8-4-6-10-16(14)20-17/h3-11,13,18,20H,19H2,1-2H3. The van der Waals surface area contributed by atoms with Gasteiger partial charge in [0.05, 0.1) is 10.3 Å². The number of H-pyrrole nitrogens is 1. The van der Waals surface area contributed by atoms with E-state index in [0.29, 0.717) is 0 Å². The summed E-state index contributed by atoms with van der Waals surface area (Å²) in [5, 5.41) is 2.66. The van der Waals surface area contributed by atoms with Crippen LogP contribution in [0.5, 0.6) is 0 Å². The van der Waals surface area contributed by atoms with Gasteiger partial charge in [0.25, 0.3) is 0 Å². The summed E-state index contributed by atoms with van der Waals surface area (Å²) in [4.78, 5) is 3.48. The zero-order valence-corrected chi connectivity index (χ0v) is 13.2. The van der Waals surface area contributed by atoms with Crippen LogP contribution in [0.1, 0.15) is 23.3 Å². The first-order valence-corrected chi connectivity index (χ1v) is 8.08. The van der Waals surface area contributed by atoms with Gasteiger partial charge in [-0.05, 0) is 37.1 Å². The fourth-order valence-corrected chi connectivity index (χ4v) is 3.85. The number of rotatable bonds is 4. The molecule has 0 fully saturated rings. The van der Waals surface area contributed by atoms with Crippen molar-refractivity contribution in [2.75, 3.05) is 0 Å². The second-order valence-electron chi connectivity index (χ2n) is 5.47. The lowest BCUT2D eigenvalue weighted by molar-refractivity contribution is 0.717. The monoisotopic (exact) mass is 296 g/mol. The van der Waals surface area contributed by atoms with Crippen molar-refractivity contribution in [2.45, 2.75) is 30.2 Å². The molecule has 1 heterocycles. The molecule has 1 aromatic heterocycles. The van der Waals surface area contributed by atoms with E-state index in [1.54, 1.807) is 0 Å². The first kappa shape index (κ1) is 14.2. The molecule has 21 heavy (non-hydrogen) atoms. The van der Waals surface area contributed by atoms with E-state index in [9.17, 15) is 0 Å². The highest BCUT2D eigenvalue weighted by Crippen LogP contribution is 2.39. The van der Waals surface area contributed by atoms with Crippen LogP contribution < -0.4 is 5.73 Å². The topological polar surface area (TPSA) is 41.8 Å². The highest BCUT2D eigenvalue weighted by Gasteiger charge is 2.20. The smallest absolute Gasteiger partial charge is 0.0739 e. The maximum atomic E-state index is 6.24. The minimum absolute atomic E-state index is 0.0857. The summed E-state index contributed by atoms with van der Waals surface area (Å²) in [6, 6.07) is 19.1. The van der Waals surface area contributed by atoms with Crippen LogP contribution in [0, 0.1) is 6.92 Å². The van der Waals surface area contributed by atoms with Gasteiger partial charge in [-0.1, -0.05) is 54.2 Å². The van der Waals surface area contributed by atoms with Gasteiger partial charge in [0, 0.05) is 16.9 Å². The van der Waals surface area contributed by atoms with Crippen LogP contribution in [0.15, 0.2) is 59.6 Å². The van der Waals surface area contributed by atoms with Crippen LogP contribution in [-0.2, 0) is 0 Å². The van der Waals surface area contributed by atoms with E-state index in [2.05, 4.69) is 73.4 Å². The van der Waals surface area contributed by atoms with E-state index in [-0.39, 0.29) is 11.3 Å². The molecular weight excluding hydrogens is 276 g/mol. The number of para-hydroxylation sites is 1. The number of hydrogen-bond donors (Lipinski definition) is 2. The second kappa shape index (κ2) is 5.96. The Kier molecular flexibility index (Phi) is 4.04. The number of nitrogens with one attached hydrogen (secondary N) is 1. The van der Waals surface area contributed by atoms with Crippen molar-refractivity contribution in [2.24, 2.45) is 5.73 Å². The number of aryl methyl sites for hydroxylation is 1. The van der Waals surface area contributed by atoms with Crippen molar-refractivity contribution in [3.63, 3.8) is 0 Å². The van der Waals surface area contributed by atoms with Crippen LogP contribution >= 0.6 is 11.8 Å². The third-order valence-electron chi connectivity index (χ3n) is 3.73. The Morgan fingerprint density at radius 1 is 1.05 bits per heavy atom. The van der Waals surface area contributed by atoms with Crippen LogP contribution in [0.3, 0.4) is 0 Å². The third kappa shape index (κ3) is 2.99. The summed E-state index contributed by atoms with van der Waals surface area (Å²) < 4.78 is 0. The fraction of sp³-hybridized carbons (Fsp3) is 0.222. The summed E-state index contributed by atoms with van der Waals surface area (Å²) in [6.45, 7) is 4.23. The van der Waals surface area contributed by atoms with Crippen LogP contribution in [0.2, 0.25) is 0 Å². The minimum Gasteiger partial charge on any atom is -0.350 e. The molecule has 2 unspecified atom stereocenters. The van der Waals surface area contributed by atoms with E-state index in [1.165, 1.54) is 27.1 Å². The maximum Gasteiger partial charge on any atom is 0.0739 e. The Morgan fingerprint density at radius 3 is 2.48 bits per heavy atom. The van der Waals surface area contributed by atoms with Crippen molar-refractivity contribution in [1.29, 1.82) is 0 Å². The number of aromatic nitrogens is 1. The van der Waals surface area contributed by atoms with Crippen molar-refractivity contribution in [3.05, 3.63) is 65.7 Å². The van der Waals surface area contributed by atoms with E-state index in [0.717, 1.165) is 0 Å². The van der Waals surface area contributed by atoms with Crippen LogP contribution in [0.4, 0.5) is 0 Å². The number of nitrogens with two attached hydrogens (primary N) is 1. The molecule has 3 rings (SSSR count). The summed E-state index contributed by atoms with van der Waals surface area (Å²) >= 11 is 1.81. The van der Waals surface area contributed by atoms with Crippen LogP contribution in [0.25, 0.3) is 10.9 Å². The number of fused-ring (bicyclic) bond motifs is 1. The molecule has 108 valence electrons. The van der Waals surface area contributed by atoms with Gasteiger partial charge in [0.2, 0.25) is 0 Å². The molecule has 0 saturated heterocycles. The molecule has 0 bridgehead atoms. The summed E-state index contributed by atoms with van der Waals surface area (Å²) in [5.74, 6) is 0. The maximum absolute atomic E-state index is 6.24. The highest BCUT2D eigenvalue weighted by molar-refractivity contribution is 7.99. The molecule has 0 amide bonds. The predicted octanol–water partition coefficient (Wildman–Crippen LogP) is 4.66. The molecule has 3 N–H and O–H groups in total. The van der Waals surface area contributed by atoms with E-state index >= 15 is 0 Å². The SMILES string of the molecule is Cc1ccccc1C(Sc1cc2ccccc2[nH]1)C(C)N. The summed E-state index contributed by atoms with van der Waals surface area (Å²) in [7, 11) is 0. The van der Waals surface area contributed by atoms with Gasteiger partial charge in [-0.25, -0.2) is 0 Å². The summed E-state index contributed by atoms with van der Waals surface area (Å²) in [5.41, 5.74) is 10.0. The molecule has 0 aliphatic carbocycles. The van der Waals surface area contributed by atoms with E-state index in [1.807, 2.05) is 11.8 Å². The largest absolute Gasteiger partial charge is 0.350 e. The number of aromatic amines is 1. The molecule has 3 heteroatoms. The van der Waals surface area contributed by atoms with Gasteiger partial charge in [0.15, 0.2) is 0 Å². The highest BCUT2D eigenvalue weighted by atomic mass is 32.2. The summed E-state index contributed by atoms with van der Waals surface area (Å²) in [6.07, 6.45) is 0. The molecular formula is C18H20N2S. The molecule has 2 atom stereocenters. The Balaban J connectivity index is 1.94. The Morgan fingerprint density at radius 2 is 1.76 bits per heavy atom. The van der Waals surface area contributed by atoms with Crippen molar-refractivity contribution < 1.29 is 0 Å². The van der Waals surface area contributed by atoms with E-state index < -0.39 is 0 Å². The van der Waals surface area contributed by atoms with Gasteiger partial charge in [-0.2, -0.15) is 0 Å². The fourth-order valence-electron chi connectivity index (χ4n) is 2.61. The Labute approximate surface area is 129 Å². The number of benzene rings is 2. The molecule has 0 aliphatic rings. The van der Waals surface area contributed by atoms with Gasteiger partial charge in [-0.15, -0.1) is 0 Å². The first-order valence-electron chi connectivity index (χ1n) is 7.20.